The standard InChI is InChI=1S/C18H27N3O2/c22-18(8-11-20-9-2-1-3-10-20)19-16-4-6-17(7-5-16)21-12-14-23-15-13-21/h4-7H,1-3,8-15H2,(H,19,22). The third-order valence-corrected chi connectivity index (χ3v) is 4.63. The first-order chi connectivity index (χ1) is 11.3. The maximum Gasteiger partial charge on any atom is 0.225 e. The Morgan fingerprint density at radius 3 is 2.39 bits per heavy atom. The first-order valence-corrected chi connectivity index (χ1v) is 8.76. The molecular formula is C18H27N3O2. The van der Waals surface area contributed by atoms with Gasteiger partial charge in [0.05, 0.1) is 13.2 Å². The molecule has 2 fully saturated rings. The summed E-state index contributed by atoms with van der Waals surface area (Å²) in [5, 5.41) is 3.00. The van der Waals surface area contributed by atoms with E-state index in [0.717, 1.165) is 51.6 Å². The van der Waals surface area contributed by atoms with Crippen molar-refractivity contribution < 1.29 is 9.53 Å². The first-order valence-electron chi connectivity index (χ1n) is 8.76. The molecule has 2 saturated heterocycles. The van der Waals surface area contributed by atoms with Gasteiger partial charge in [0.15, 0.2) is 0 Å². The van der Waals surface area contributed by atoms with Crippen LogP contribution in [0.1, 0.15) is 25.7 Å². The van der Waals surface area contributed by atoms with Crippen molar-refractivity contribution in [2.75, 3.05) is 56.2 Å². The molecule has 1 amide bonds. The molecule has 126 valence electrons. The van der Waals surface area contributed by atoms with Crippen molar-refractivity contribution in [3.8, 4) is 0 Å². The summed E-state index contributed by atoms with van der Waals surface area (Å²) < 4.78 is 5.37. The second-order valence-electron chi connectivity index (χ2n) is 6.35. The van der Waals surface area contributed by atoms with Crippen LogP contribution in [0.2, 0.25) is 0 Å². The summed E-state index contributed by atoms with van der Waals surface area (Å²) in [6.07, 6.45) is 4.44. The molecule has 0 atom stereocenters. The van der Waals surface area contributed by atoms with Crippen LogP contribution in [-0.2, 0) is 9.53 Å². The molecule has 2 aliphatic heterocycles. The van der Waals surface area contributed by atoms with Crippen LogP contribution in [0.3, 0.4) is 0 Å². The van der Waals surface area contributed by atoms with E-state index in [2.05, 4.69) is 27.2 Å². The molecule has 3 rings (SSSR count). The number of nitrogens with one attached hydrogen (secondary N) is 1. The predicted molar refractivity (Wildman–Crippen MR) is 93.0 cm³/mol. The van der Waals surface area contributed by atoms with Crippen molar-refractivity contribution >= 4 is 17.3 Å². The van der Waals surface area contributed by atoms with Crippen LogP contribution in [0.15, 0.2) is 24.3 Å². The summed E-state index contributed by atoms with van der Waals surface area (Å²) in [4.78, 5) is 16.8. The van der Waals surface area contributed by atoms with Gasteiger partial charge in [0.1, 0.15) is 0 Å². The maximum absolute atomic E-state index is 12.1. The zero-order valence-corrected chi connectivity index (χ0v) is 13.8. The Kier molecular flexibility index (Phi) is 5.88. The summed E-state index contributed by atoms with van der Waals surface area (Å²) in [7, 11) is 0. The quantitative estimate of drug-likeness (QED) is 0.905. The van der Waals surface area contributed by atoms with E-state index >= 15 is 0 Å². The lowest BCUT2D eigenvalue weighted by atomic mass is 10.1. The van der Waals surface area contributed by atoms with Crippen molar-refractivity contribution in [1.82, 2.24) is 4.90 Å². The van der Waals surface area contributed by atoms with E-state index in [1.54, 1.807) is 0 Å². The minimum Gasteiger partial charge on any atom is -0.378 e. The Hall–Kier alpha value is -1.59. The number of hydrogen-bond acceptors (Lipinski definition) is 4. The van der Waals surface area contributed by atoms with E-state index in [0.29, 0.717) is 6.42 Å². The second kappa shape index (κ2) is 8.31. The van der Waals surface area contributed by atoms with Gasteiger partial charge in [0.25, 0.3) is 0 Å². The number of nitrogens with zero attached hydrogens (tertiary/aromatic N) is 2. The zero-order chi connectivity index (χ0) is 15.9. The number of benzene rings is 1. The molecule has 0 spiro atoms. The average molecular weight is 317 g/mol. The van der Waals surface area contributed by atoms with Gasteiger partial charge in [-0.3, -0.25) is 4.79 Å². The number of hydrogen-bond donors (Lipinski definition) is 1. The summed E-state index contributed by atoms with van der Waals surface area (Å²) in [5.41, 5.74) is 2.07. The summed E-state index contributed by atoms with van der Waals surface area (Å²) >= 11 is 0. The van der Waals surface area contributed by atoms with Gasteiger partial charge in [-0.15, -0.1) is 0 Å². The molecule has 23 heavy (non-hydrogen) atoms. The fourth-order valence-corrected chi connectivity index (χ4v) is 3.24. The van der Waals surface area contributed by atoms with Gasteiger partial charge in [0.2, 0.25) is 5.91 Å². The Morgan fingerprint density at radius 1 is 1.00 bits per heavy atom. The van der Waals surface area contributed by atoms with Crippen molar-refractivity contribution in [3.63, 3.8) is 0 Å². The molecule has 1 N–H and O–H groups in total. The molecule has 0 aromatic heterocycles. The van der Waals surface area contributed by atoms with Crippen molar-refractivity contribution in [2.45, 2.75) is 25.7 Å². The molecule has 0 unspecified atom stereocenters. The molecule has 1 aromatic rings. The van der Waals surface area contributed by atoms with Gasteiger partial charge in [-0.1, -0.05) is 6.42 Å². The number of morpholine rings is 1. The average Bonchev–Trinajstić information content (AvgIpc) is 2.62. The third-order valence-electron chi connectivity index (χ3n) is 4.63. The topological polar surface area (TPSA) is 44.8 Å². The second-order valence-corrected chi connectivity index (χ2v) is 6.35. The van der Waals surface area contributed by atoms with E-state index in [4.69, 9.17) is 4.74 Å². The van der Waals surface area contributed by atoms with E-state index in [9.17, 15) is 4.79 Å². The fraction of sp³-hybridized carbons (Fsp3) is 0.611. The lowest BCUT2D eigenvalue weighted by molar-refractivity contribution is -0.116. The molecule has 2 heterocycles. The molecule has 5 nitrogen and oxygen atoms in total. The van der Waals surface area contributed by atoms with Crippen LogP contribution < -0.4 is 10.2 Å². The van der Waals surface area contributed by atoms with Crippen LogP contribution in [0.5, 0.6) is 0 Å². The Labute approximate surface area is 138 Å². The summed E-state index contributed by atoms with van der Waals surface area (Å²) in [5.74, 6) is 0.106. The highest BCUT2D eigenvalue weighted by atomic mass is 16.5. The summed E-state index contributed by atoms with van der Waals surface area (Å²) in [6.45, 7) is 6.59. The summed E-state index contributed by atoms with van der Waals surface area (Å²) in [6, 6.07) is 8.13. The van der Waals surface area contributed by atoms with Crippen molar-refractivity contribution in [3.05, 3.63) is 24.3 Å². The molecule has 0 aliphatic carbocycles. The van der Waals surface area contributed by atoms with Gasteiger partial charge in [-0.05, 0) is 50.2 Å². The number of rotatable bonds is 5. The number of anilines is 2. The SMILES string of the molecule is O=C(CCN1CCCCC1)Nc1ccc(N2CCOCC2)cc1. The Morgan fingerprint density at radius 2 is 1.70 bits per heavy atom. The van der Waals surface area contributed by atoms with Crippen molar-refractivity contribution in [2.24, 2.45) is 0 Å². The van der Waals surface area contributed by atoms with Crippen LogP contribution in [0.4, 0.5) is 11.4 Å². The van der Waals surface area contributed by atoms with E-state index in [1.165, 1.54) is 24.9 Å². The maximum atomic E-state index is 12.1. The Bertz CT molecular complexity index is 491. The smallest absolute Gasteiger partial charge is 0.225 e. The Balaban J connectivity index is 1.44. The number of likely N-dealkylation sites (tertiary alicyclic amines) is 1. The number of piperidine rings is 1. The fourth-order valence-electron chi connectivity index (χ4n) is 3.24. The lowest BCUT2D eigenvalue weighted by Gasteiger charge is -2.29. The highest BCUT2D eigenvalue weighted by molar-refractivity contribution is 5.91. The molecule has 0 radical (unpaired) electrons. The van der Waals surface area contributed by atoms with Gasteiger partial charge < -0.3 is 19.9 Å². The highest BCUT2D eigenvalue weighted by Gasteiger charge is 2.13. The van der Waals surface area contributed by atoms with E-state index in [1.807, 2.05) is 12.1 Å². The van der Waals surface area contributed by atoms with Gasteiger partial charge in [-0.2, -0.15) is 0 Å². The molecule has 1 aromatic carbocycles. The normalized spacial score (nSPS) is 19.6. The molecule has 2 aliphatic rings. The third kappa shape index (κ3) is 4.94. The lowest BCUT2D eigenvalue weighted by Crippen LogP contribution is -2.36. The number of amides is 1. The van der Waals surface area contributed by atoms with Crippen LogP contribution in [0, 0.1) is 0 Å². The van der Waals surface area contributed by atoms with Gasteiger partial charge in [0, 0.05) is 37.4 Å². The molecular weight excluding hydrogens is 290 g/mol. The molecule has 0 bridgehead atoms. The zero-order valence-electron chi connectivity index (χ0n) is 13.8. The minimum absolute atomic E-state index is 0.106. The van der Waals surface area contributed by atoms with Crippen molar-refractivity contribution in [1.29, 1.82) is 0 Å². The van der Waals surface area contributed by atoms with Crippen LogP contribution in [0.25, 0.3) is 0 Å². The van der Waals surface area contributed by atoms with Gasteiger partial charge in [-0.25, -0.2) is 0 Å². The van der Waals surface area contributed by atoms with Crippen LogP contribution in [-0.4, -0.2) is 56.7 Å². The van der Waals surface area contributed by atoms with E-state index in [-0.39, 0.29) is 5.91 Å². The number of ether oxygens (including phenoxy) is 1. The predicted octanol–water partition coefficient (Wildman–Crippen LogP) is 2.34. The first kappa shape index (κ1) is 16.3. The monoisotopic (exact) mass is 317 g/mol. The number of carbonyl (C=O) groups is 1. The van der Waals surface area contributed by atoms with Gasteiger partial charge >= 0.3 is 0 Å². The minimum atomic E-state index is 0.106. The van der Waals surface area contributed by atoms with Crippen LogP contribution >= 0.6 is 0 Å². The largest absolute Gasteiger partial charge is 0.378 e. The highest BCUT2D eigenvalue weighted by Crippen LogP contribution is 2.19. The molecule has 5 heteroatoms. The number of carbonyl (C=O) groups excluding carboxylic acids is 1. The molecule has 0 saturated carbocycles. The van der Waals surface area contributed by atoms with E-state index < -0.39 is 0 Å².